The summed E-state index contributed by atoms with van der Waals surface area (Å²) in [4.78, 5) is 15.8. The second-order valence-corrected chi connectivity index (χ2v) is 8.31. The number of piperazine rings is 1. The van der Waals surface area contributed by atoms with E-state index in [1.54, 1.807) is 0 Å². The molecule has 1 aliphatic heterocycles. The molecule has 158 valence electrons. The molecular weight excluding hydrogens is 398 g/mol. The summed E-state index contributed by atoms with van der Waals surface area (Å²) in [5.74, 6) is -0.928. The van der Waals surface area contributed by atoms with Gasteiger partial charge in [-0.1, -0.05) is 11.6 Å². The van der Waals surface area contributed by atoms with E-state index in [0.29, 0.717) is 24.7 Å². The van der Waals surface area contributed by atoms with Crippen LogP contribution in [0.1, 0.15) is 38.5 Å². The third-order valence-electron chi connectivity index (χ3n) is 6.03. The Morgan fingerprint density at radius 3 is 2.52 bits per heavy atom. The predicted molar refractivity (Wildman–Crippen MR) is 109 cm³/mol. The SMILES string of the molecule is N#CCC(=O)NC1CCC(CCN2CCN(c3ccc(F)c(Cl)c3F)CC2)CC1. The minimum Gasteiger partial charge on any atom is -0.367 e. The van der Waals surface area contributed by atoms with Gasteiger partial charge in [0.05, 0.1) is 11.8 Å². The monoisotopic (exact) mass is 424 g/mol. The van der Waals surface area contributed by atoms with Crippen molar-refractivity contribution in [3.63, 3.8) is 0 Å². The van der Waals surface area contributed by atoms with E-state index in [9.17, 15) is 13.6 Å². The van der Waals surface area contributed by atoms with Crippen LogP contribution in [0.3, 0.4) is 0 Å². The van der Waals surface area contributed by atoms with Crippen molar-refractivity contribution in [3.05, 3.63) is 28.8 Å². The van der Waals surface area contributed by atoms with Gasteiger partial charge < -0.3 is 10.2 Å². The summed E-state index contributed by atoms with van der Waals surface area (Å²) in [5.41, 5.74) is 0.368. The number of amides is 1. The van der Waals surface area contributed by atoms with Crippen LogP contribution in [0.5, 0.6) is 0 Å². The highest BCUT2D eigenvalue weighted by atomic mass is 35.5. The minimum atomic E-state index is -0.731. The quantitative estimate of drug-likeness (QED) is 0.707. The molecule has 1 N–H and O–H groups in total. The molecule has 0 bridgehead atoms. The second-order valence-electron chi connectivity index (χ2n) is 7.93. The van der Waals surface area contributed by atoms with Crippen LogP contribution in [-0.4, -0.2) is 49.6 Å². The largest absolute Gasteiger partial charge is 0.367 e. The van der Waals surface area contributed by atoms with Crippen molar-refractivity contribution in [2.45, 2.75) is 44.6 Å². The number of nitrogens with one attached hydrogen (secondary N) is 1. The van der Waals surface area contributed by atoms with Gasteiger partial charge in [0, 0.05) is 32.2 Å². The number of hydrogen-bond donors (Lipinski definition) is 1. The van der Waals surface area contributed by atoms with Crippen LogP contribution in [0.2, 0.25) is 5.02 Å². The van der Waals surface area contributed by atoms with Crippen molar-refractivity contribution >= 4 is 23.2 Å². The van der Waals surface area contributed by atoms with Crippen LogP contribution in [0.4, 0.5) is 14.5 Å². The molecule has 1 heterocycles. The van der Waals surface area contributed by atoms with Crippen LogP contribution < -0.4 is 10.2 Å². The first-order chi connectivity index (χ1) is 14.0. The van der Waals surface area contributed by atoms with E-state index in [-0.39, 0.29) is 18.4 Å². The Morgan fingerprint density at radius 1 is 1.17 bits per heavy atom. The summed E-state index contributed by atoms with van der Waals surface area (Å²) in [6.07, 6.45) is 5.18. The molecule has 1 saturated heterocycles. The molecular formula is C21H27ClF2N4O. The summed E-state index contributed by atoms with van der Waals surface area (Å²) in [7, 11) is 0. The highest BCUT2D eigenvalue weighted by Crippen LogP contribution is 2.30. The molecule has 0 unspecified atom stereocenters. The van der Waals surface area contributed by atoms with Gasteiger partial charge in [-0.05, 0) is 56.7 Å². The number of nitrogens with zero attached hydrogens (tertiary/aromatic N) is 3. The highest BCUT2D eigenvalue weighted by molar-refractivity contribution is 6.31. The Labute approximate surface area is 175 Å². The number of rotatable bonds is 6. The zero-order chi connectivity index (χ0) is 20.8. The van der Waals surface area contributed by atoms with E-state index >= 15 is 0 Å². The van der Waals surface area contributed by atoms with Crippen LogP contribution in [0.15, 0.2) is 12.1 Å². The van der Waals surface area contributed by atoms with E-state index < -0.39 is 16.7 Å². The molecule has 0 atom stereocenters. The molecule has 29 heavy (non-hydrogen) atoms. The first kappa shape index (κ1) is 21.8. The van der Waals surface area contributed by atoms with Crippen LogP contribution >= 0.6 is 11.6 Å². The predicted octanol–water partition coefficient (Wildman–Crippen LogP) is 3.72. The second kappa shape index (κ2) is 10.2. The third kappa shape index (κ3) is 5.80. The standard InChI is InChI=1S/C21H27ClF2N4O/c22-20-17(23)5-6-18(21(20)24)28-13-11-27(12-14-28)10-8-15-1-3-16(4-2-15)26-19(29)7-9-25/h5-6,15-16H,1-4,7-8,10-14H2,(H,26,29). The third-order valence-corrected chi connectivity index (χ3v) is 6.38. The Hall–Kier alpha value is -1.91. The van der Waals surface area contributed by atoms with Gasteiger partial charge in [-0.25, -0.2) is 8.78 Å². The van der Waals surface area contributed by atoms with Gasteiger partial charge in [-0.2, -0.15) is 5.26 Å². The van der Waals surface area contributed by atoms with Crippen molar-refractivity contribution in [1.29, 1.82) is 5.26 Å². The average Bonchev–Trinajstić information content (AvgIpc) is 2.72. The maximum Gasteiger partial charge on any atom is 0.234 e. The molecule has 0 aromatic heterocycles. The highest BCUT2D eigenvalue weighted by Gasteiger charge is 2.25. The zero-order valence-corrected chi connectivity index (χ0v) is 17.2. The van der Waals surface area contributed by atoms with Gasteiger partial charge in [0.1, 0.15) is 17.3 Å². The molecule has 0 spiro atoms. The molecule has 8 heteroatoms. The number of carbonyl (C=O) groups excluding carboxylic acids is 1. The molecule has 3 rings (SSSR count). The van der Waals surface area contributed by atoms with Gasteiger partial charge in [-0.3, -0.25) is 9.69 Å². The summed E-state index contributed by atoms with van der Waals surface area (Å²) >= 11 is 5.70. The van der Waals surface area contributed by atoms with Gasteiger partial charge in [0.15, 0.2) is 5.82 Å². The maximum absolute atomic E-state index is 14.2. The molecule has 2 fully saturated rings. The van der Waals surface area contributed by atoms with Crippen molar-refractivity contribution in [3.8, 4) is 6.07 Å². The Balaban J connectivity index is 1.37. The number of halogens is 3. The molecule has 5 nitrogen and oxygen atoms in total. The number of anilines is 1. The molecule has 1 amide bonds. The van der Waals surface area contributed by atoms with Gasteiger partial charge >= 0.3 is 0 Å². The van der Waals surface area contributed by atoms with Crippen LogP contribution in [0, 0.1) is 28.9 Å². The topological polar surface area (TPSA) is 59.4 Å². The van der Waals surface area contributed by atoms with E-state index in [0.717, 1.165) is 51.7 Å². The lowest BCUT2D eigenvalue weighted by molar-refractivity contribution is -0.121. The number of carbonyl (C=O) groups is 1. The summed E-state index contributed by atoms with van der Waals surface area (Å²) in [5, 5.41) is 11.1. The van der Waals surface area contributed by atoms with E-state index in [4.69, 9.17) is 16.9 Å². The van der Waals surface area contributed by atoms with E-state index in [1.165, 1.54) is 12.1 Å². The summed E-state index contributed by atoms with van der Waals surface area (Å²) in [6.45, 7) is 4.08. The average molecular weight is 425 g/mol. The Kier molecular flexibility index (Phi) is 7.68. The van der Waals surface area contributed by atoms with Crippen molar-refractivity contribution in [2.24, 2.45) is 5.92 Å². The van der Waals surface area contributed by atoms with Crippen LogP contribution in [0.25, 0.3) is 0 Å². The normalized spacial score (nSPS) is 22.9. The first-order valence-corrected chi connectivity index (χ1v) is 10.6. The van der Waals surface area contributed by atoms with Gasteiger partial charge in [0.25, 0.3) is 0 Å². The number of benzene rings is 1. The smallest absolute Gasteiger partial charge is 0.234 e. The van der Waals surface area contributed by atoms with Crippen molar-refractivity contribution < 1.29 is 13.6 Å². The fourth-order valence-electron chi connectivity index (χ4n) is 4.28. The Morgan fingerprint density at radius 2 is 1.86 bits per heavy atom. The molecule has 1 saturated carbocycles. The molecule has 0 radical (unpaired) electrons. The zero-order valence-electron chi connectivity index (χ0n) is 16.5. The lowest BCUT2D eigenvalue weighted by Crippen LogP contribution is -2.47. The first-order valence-electron chi connectivity index (χ1n) is 10.2. The van der Waals surface area contributed by atoms with E-state index in [2.05, 4.69) is 10.2 Å². The van der Waals surface area contributed by atoms with Crippen molar-refractivity contribution in [2.75, 3.05) is 37.6 Å². The molecule has 1 aliphatic carbocycles. The Bertz CT molecular complexity index is 754. The summed E-state index contributed by atoms with van der Waals surface area (Å²) < 4.78 is 27.6. The van der Waals surface area contributed by atoms with Gasteiger partial charge in [0.2, 0.25) is 5.91 Å². The van der Waals surface area contributed by atoms with Crippen molar-refractivity contribution in [1.82, 2.24) is 10.2 Å². The van der Waals surface area contributed by atoms with E-state index in [1.807, 2.05) is 11.0 Å². The molecule has 2 aliphatic rings. The van der Waals surface area contributed by atoms with Crippen LogP contribution in [-0.2, 0) is 4.79 Å². The lowest BCUT2D eigenvalue weighted by Gasteiger charge is -2.37. The van der Waals surface area contributed by atoms with Gasteiger partial charge in [-0.15, -0.1) is 0 Å². The molecule has 1 aromatic carbocycles. The lowest BCUT2D eigenvalue weighted by atomic mass is 9.84. The summed E-state index contributed by atoms with van der Waals surface area (Å²) in [6, 6.07) is 4.75. The molecule has 1 aromatic rings. The number of hydrogen-bond acceptors (Lipinski definition) is 4. The number of nitriles is 1. The maximum atomic E-state index is 14.2. The fraction of sp³-hybridized carbons (Fsp3) is 0.619. The minimum absolute atomic E-state index is 0.0695. The fourth-order valence-corrected chi connectivity index (χ4v) is 4.44.